The van der Waals surface area contributed by atoms with Crippen molar-refractivity contribution < 1.29 is 14.8 Å². The number of anilines is 3. The molecule has 0 amide bonds. The standard InChI is InChI=1S/C8H10N2O2.C6H6N2O2/c9-5-3-8-6(4-7(5)11)10-1-2-12-8;7-5-1-3-6(4-2-5)8(9)10/h3-4,10-11H,1-2,9H2;1-4H,7H2. The van der Waals surface area contributed by atoms with Crippen LogP contribution < -0.4 is 21.5 Å². The van der Waals surface area contributed by atoms with E-state index in [1.165, 1.54) is 24.3 Å². The number of nitrogens with zero attached hydrogens (tertiary/aromatic N) is 1. The number of fused-ring (bicyclic) bond motifs is 1. The van der Waals surface area contributed by atoms with Crippen LogP contribution in [0.4, 0.5) is 22.7 Å². The maximum absolute atomic E-state index is 10.1. The number of rotatable bonds is 1. The number of phenols is 1. The highest BCUT2D eigenvalue weighted by Gasteiger charge is 2.11. The second-order valence-corrected chi connectivity index (χ2v) is 4.53. The third-order valence-corrected chi connectivity index (χ3v) is 2.91. The van der Waals surface area contributed by atoms with Gasteiger partial charge < -0.3 is 26.6 Å². The Balaban J connectivity index is 0.000000164. The molecule has 1 heterocycles. The lowest BCUT2D eigenvalue weighted by atomic mass is 10.2. The summed E-state index contributed by atoms with van der Waals surface area (Å²) in [6, 6.07) is 8.93. The summed E-state index contributed by atoms with van der Waals surface area (Å²) in [4.78, 5) is 9.62. The lowest BCUT2D eigenvalue weighted by molar-refractivity contribution is -0.384. The first kappa shape index (κ1) is 15.2. The third-order valence-electron chi connectivity index (χ3n) is 2.91. The molecule has 22 heavy (non-hydrogen) atoms. The van der Waals surface area contributed by atoms with Gasteiger partial charge in [-0.25, -0.2) is 0 Å². The molecule has 0 unspecified atom stereocenters. The maximum Gasteiger partial charge on any atom is 0.269 e. The van der Waals surface area contributed by atoms with E-state index in [9.17, 15) is 15.2 Å². The number of hydrogen-bond donors (Lipinski definition) is 4. The average Bonchev–Trinajstić information content (AvgIpc) is 2.49. The van der Waals surface area contributed by atoms with Crippen molar-refractivity contribution in [2.75, 3.05) is 29.9 Å². The largest absolute Gasteiger partial charge is 0.506 e. The van der Waals surface area contributed by atoms with E-state index in [1.54, 1.807) is 12.1 Å². The van der Waals surface area contributed by atoms with Crippen LogP contribution in [0.25, 0.3) is 0 Å². The van der Waals surface area contributed by atoms with E-state index in [-0.39, 0.29) is 11.4 Å². The Hall–Kier alpha value is -3.16. The van der Waals surface area contributed by atoms with Gasteiger partial charge in [0.1, 0.15) is 18.1 Å². The fraction of sp³-hybridized carbons (Fsp3) is 0.143. The number of hydrogen-bond acceptors (Lipinski definition) is 7. The molecule has 2 aromatic carbocycles. The van der Waals surface area contributed by atoms with E-state index in [4.69, 9.17) is 16.2 Å². The molecule has 0 aromatic heterocycles. The molecule has 8 nitrogen and oxygen atoms in total. The van der Waals surface area contributed by atoms with Crippen LogP contribution in [-0.2, 0) is 0 Å². The number of non-ortho nitro benzene ring substituents is 1. The third kappa shape index (κ3) is 3.69. The minimum Gasteiger partial charge on any atom is -0.506 e. The van der Waals surface area contributed by atoms with Crippen LogP contribution in [0.2, 0.25) is 0 Å². The molecule has 1 aliphatic rings. The summed E-state index contributed by atoms with van der Waals surface area (Å²) >= 11 is 0. The molecule has 0 bridgehead atoms. The number of ether oxygens (including phenoxy) is 1. The molecule has 8 heteroatoms. The zero-order valence-corrected chi connectivity index (χ0v) is 11.7. The van der Waals surface area contributed by atoms with Crippen molar-refractivity contribution >= 4 is 22.7 Å². The van der Waals surface area contributed by atoms with Crippen molar-refractivity contribution in [3.05, 3.63) is 46.5 Å². The average molecular weight is 304 g/mol. The molecule has 0 spiro atoms. The number of benzene rings is 2. The molecule has 2 aromatic rings. The maximum atomic E-state index is 10.1. The van der Waals surface area contributed by atoms with Gasteiger partial charge in [-0.1, -0.05) is 0 Å². The van der Waals surface area contributed by atoms with Gasteiger partial charge >= 0.3 is 0 Å². The number of nitro groups is 1. The second kappa shape index (κ2) is 6.53. The molecule has 0 fully saturated rings. The fourth-order valence-electron chi connectivity index (χ4n) is 1.78. The van der Waals surface area contributed by atoms with Gasteiger partial charge in [-0.05, 0) is 12.1 Å². The molecule has 1 aliphatic heterocycles. The van der Waals surface area contributed by atoms with E-state index in [1.807, 2.05) is 0 Å². The van der Waals surface area contributed by atoms with Crippen molar-refractivity contribution in [3.8, 4) is 11.5 Å². The number of nitro benzene ring substituents is 1. The van der Waals surface area contributed by atoms with Gasteiger partial charge in [0.05, 0.1) is 16.3 Å². The first-order chi connectivity index (χ1) is 10.5. The van der Waals surface area contributed by atoms with Gasteiger partial charge in [-0.2, -0.15) is 0 Å². The van der Waals surface area contributed by atoms with Crippen LogP contribution in [0.15, 0.2) is 36.4 Å². The number of phenolic OH excluding ortho intramolecular Hbond substituents is 1. The lowest BCUT2D eigenvalue weighted by Crippen LogP contribution is -2.17. The molecule has 3 rings (SSSR count). The topological polar surface area (TPSA) is 137 Å². The fourth-order valence-corrected chi connectivity index (χ4v) is 1.78. The summed E-state index contributed by atoms with van der Waals surface area (Å²) < 4.78 is 5.31. The molecular formula is C14H16N4O4. The summed E-state index contributed by atoms with van der Waals surface area (Å²) in [5, 5.41) is 22.4. The van der Waals surface area contributed by atoms with Crippen LogP contribution in [-0.4, -0.2) is 23.2 Å². The molecule has 0 saturated heterocycles. The molecule has 0 aliphatic carbocycles. The molecule has 0 radical (unpaired) electrons. The minimum absolute atomic E-state index is 0.0641. The van der Waals surface area contributed by atoms with E-state index in [2.05, 4.69) is 5.32 Å². The number of nitrogen functional groups attached to an aromatic ring is 2. The number of nitrogens with two attached hydrogens (primary N) is 2. The van der Waals surface area contributed by atoms with E-state index >= 15 is 0 Å². The summed E-state index contributed by atoms with van der Waals surface area (Å²) in [5.41, 5.74) is 12.5. The highest BCUT2D eigenvalue weighted by Crippen LogP contribution is 2.35. The summed E-state index contributed by atoms with van der Waals surface area (Å²) in [6.45, 7) is 1.40. The Morgan fingerprint density at radius 3 is 2.55 bits per heavy atom. The van der Waals surface area contributed by atoms with Crippen molar-refractivity contribution in [2.24, 2.45) is 0 Å². The zero-order chi connectivity index (χ0) is 16.1. The van der Waals surface area contributed by atoms with Gasteiger partial charge in [0, 0.05) is 36.5 Å². The van der Waals surface area contributed by atoms with Gasteiger partial charge in [0.15, 0.2) is 0 Å². The number of nitrogens with one attached hydrogen (secondary N) is 1. The summed E-state index contributed by atoms with van der Waals surface area (Å²) in [7, 11) is 0. The van der Waals surface area contributed by atoms with Crippen LogP contribution in [0.3, 0.4) is 0 Å². The Morgan fingerprint density at radius 2 is 1.91 bits per heavy atom. The van der Waals surface area contributed by atoms with E-state index in [0.717, 1.165) is 12.2 Å². The Bertz CT molecular complexity index is 642. The molecule has 6 N–H and O–H groups in total. The first-order valence-corrected chi connectivity index (χ1v) is 6.46. The predicted octanol–water partition coefficient (Wildman–Crippen LogP) is 1.96. The first-order valence-electron chi connectivity index (χ1n) is 6.46. The lowest BCUT2D eigenvalue weighted by Gasteiger charge is -2.19. The Morgan fingerprint density at radius 1 is 1.23 bits per heavy atom. The van der Waals surface area contributed by atoms with Crippen molar-refractivity contribution in [3.63, 3.8) is 0 Å². The monoisotopic (exact) mass is 304 g/mol. The molecule has 0 atom stereocenters. The molecule has 0 saturated carbocycles. The minimum atomic E-state index is -0.459. The van der Waals surface area contributed by atoms with Crippen molar-refractivity contribution in [2.45, 2.75) is 0 Å². The molecular weight excluding hydrogens is 288 g/mol. The highest BCUT2D eigenvalue weighted by atomic mass is 16.6. The van der Waals surface area contributed by atoms with Crippen LogP contribution >= 0.6 is 0 Å². The van der Waals surface area contributed by atoms with Crippen LogP contribution in [0.1, 0.15) is 0 Å². The normalized spacial score (nSPS) is 12.0. The second-order valence-electron chi connectivity index (χ2n) is 4.53. The van der Waals surface area contributed by atoms with Crippen LogP contribution in [0, 0.1) is 10.1 Å². The SMILES string of the molecule is Nc1cc2c(cc1O)NCCO2.Nc1ccc([N+](=O)[O-])cc1. The number of aromatic hydroxyl groups is 1. The zero-order valence-electron chi connectivity index (χ0n) is 11.7. The highest BCUT2D eigenvalue weighted by molar-refractivity contribution is 5.69. The smallest absolute Gasteiger partial charge is 0.269 e. The van der Waals surface area contributed by atoms with E-state index in [0.29, 0.717) is 23.7 Å². The predicted molar refractivity (Wildman–Crippen MR) is 84.0 cm³/mol. The van der Waals surface area contributed by atoms with Gasteiger partial charge in [0.2, 0.25) is 0 Å². The van der Waals surface area contributed by atoms with Crippen LogP contribution in [0.5, 0.6) is 11.5 Å². The van der Waals surface area contributed by atoms with Crippen molar-refractivity contribution in [1.29, 1.82) is 0 Å². The summed E-state index contributed by atoms with van der Waals surface area (Å²) in [6.07, 6.45) is 0. The summed E-state index contributed by atoms with van der Waals surface area (Å²) in [5.74, 6) is 0.795. The molecule has 116 valence electrons. The van der Waals surface area contributed by atoms with Crippen molar-refractivity contribution in [1.82, 2.24) is 0 Å². The van der Waals surface area contributed by atoms with Gasteiger partial charge in [-0.3, -0.25) is 10.1 Å². The van der Waals surface area contributed by atoms with E-state index < -0.39 is 4.92 Å². The Kier molecular flexibility index (Phi) is 4.52. The quantitative estimate of drug-likeness (QED) is 0.273. The Labute approximate surface area is 126 Å². The van der Waals surface area contributed by atoms with Gasteiger partial charge in [0.25, 0.3) is 5.69 Å². The van der Waals surface area contributed by atoms with Gasteiger partial charge in [-0.15, -0.1) is 0 Å².